The van der Waals surface area contributed by atoms with Crippen LogP contribution < -0.4 is 5.32 Å². The van der Waals surface area contributed by atoms with E-state index in [1.165, 1.54) is 5.70 Å². The monoisotopic (exact) mass is 428 g/mol. The van der Waals surface area contributed by atoms with Gasteiger partial charge in [-0.3, -0.25) is 0 Å². The second-order valence-electron chi connectivity index (χ2n) is 8.78. The number of aryl methyl sites for hydroxylation is 1. The number of allylic oxidation sites excluding steroid dienone is 3. The SMILES string of the molecule is CC/C=C(\C=C/Cc1ncc(C)c(NCCCN2CC[C@@H](O)C2)n1)N1CCN(C)CC1. The van der Waals surface area contributed by atoms with E-state index in [1.54, 1.807) is 0 Å². The Kier molecular flexibility index (Phi) is 9.31. The van der Waals surface area contributed by atoms with Crippen molar-refractivity contribution in [2.45, 2.75) is 45.6 Å². The Morgan fingerprint density at radius 2 is 2.06 bits per heavy atom. The van der Waals surface area contributed by atoms with E-state index in [0.29, 0.717) is 0 Å². The predicted molar refractivity (Wildman–Crippen MR) is 127 cm³/mol. The first-order valence-electron chi connectivity index (χ1n) is 11.8. The summed E-state index contributed by atoms with van der Waals surface area (Å²) < 4.78 is 0. The lowest BCUT2D eigenvalue weighted by Crippen LogP contribution is -2.43. The lowest BCUT2D eigenvalue weighted by atomic mass is 10.2. The van der Waals surface area contributed by atoms with Crippen molar-refractivity contribution < 1.29 is 5.11 Å². The van der Waals surface area contributed by atoms with E-state index >= 15 is 0 Å². The molecule has 1 atom stereocenters. The molecule has 1 aromatic heterocycles. The third-order valence-electron chi connectivity index (χ3n) is 6.08. The number of aromatic nitrogens is 2. The van der Waals surface area contributed by atoms with Gasteiger partial charge in [-0.15, -0.1) is 0 Å². The molecule has 2 N–H and O–H groups in total. The van der Waals surface area contributed by atoms with E-state index in [9.17, 15) is 5.11 Å². The Morgan fingerprint density at radius 3 is 2.77 bits per heavy atom. The Hall–Kier alpha value is -1.96. The van der Waals surface area contributed by atoms with Crippen LogP contribution in [0.25, 0.3) is 0 Å². The number of likely N-dealkylation sites (N-methyl/N-ethyl adjacent to an activating group) is 1. The van der Waals surface area contributed by atoms with Gasteiger partial charge >= 0.3 is 0 Å². The molecule has 1 aromatic rings. The Balaban J connectivity index is 1.48. The zero-order valence-corrected chi connectivity index (χ0v) is 19.6. The fraction of sp³-hybridized carbons (Fsp3) is 0.667. The summed E-state index contributed by atoms with van der Waals surface area (Å²) in [6, 6.07) is 0. The second-order valence-corrected chi connectivity index (χ2v) is 8.78. The van der Waals surface area contributed by atoms with E-state index in [2.05, 4.69) is 57.2 Å². The first kappa shape index (κ1) is 23.7. The summed E-state index contributed by atoms with van der Waals surface area (Å²) in [6.07, 6.45) is 12.2. The van der Waals surface area contributed by atoms with Crippen LogP contribution in [0, 0.1) is 6.92 Å². The van der Waals surface area contributed by atoms with Crippen molar-refractivity contribution in [2.24, 2.45) is 0 Å². The third kappa shape index (κ3) is 7.59. The van der Waals surface area contributed by atoms with Crippen molar-refractivity contribution in [3.05, 3.63) is 41.5 Å². The molecule has 2 saturated heterocycles. The van der Waals surface area contributed by atoms with E-state index in [0.717, 1.165) is 95.2 Å². The van der Waals surface area contributed by atoms with E-state index in [1.807, 2.05) is 13.1 Å². The number of aliphatic hydroxyl groups is 1. The Morgan fingerprint density at radius 1 is 1.26 bits per heavy atom. The van der Waals surface area contributed by atoms with E-state index in [4.69, 9.17) is 4.98 Å². The molecule has 2 aliphatic rings. The second kappa shape index (κ2) is 12.2. The quantitative estimate of drug-likeness (QED) is 0.438. The number of aliphatic hydroxyl groups excluding tert-OH is 1. The fourth-order valence-corrected chi connectivity index (χ4v) is 4.14. The van der Waals surface area contributed by atoms with Crippen molar-refractivity contribution in [3.8, 4) is 0 Å². The number of anilines is 1. The zero-order chi connectivity index (χ0) is 22.1. The number of nitrogens with zero attached hydrogens (tertiary/aromatic N) is 5. The largest absolute Gasteiger partial charge is 0.392 e. The summed E-state index contributed by atoms with van der Waals surface area (Å²) in [5.74, 6) is 1.78. The van der Waals surface area contributed by atoms with Crippen LogP contribution in [0.3, 0.4) is 0 Å². The third-order valence-corrected chi connectivity index (χ3v) is 6.08. The molecular formula is C24H40N6O. The standard InChI is InChI=1S/C24H40N6O/c1-4-7-21(30-16-14-28(3)15-17-30)8-5-9-23-26-18-20(2)24(27-23)25-11-6-12-29-13-10-22(31)19-29/h5,7-8,18,22,31H,4,6,9-17,19H2,1-3H3,(H,25,26,27)/b8-5-,21-7+/t22-/m1/s1. The molecule has 3 rings (SSSR count). The maximum absolute atomic E-state index is 9.63. The lowest BCUT2D eigenvalue weighted by molar-refractivity contribution is 0.176. The van der Waals surface area contributed by atoms with Crippen LogP contribution >= 0.6 is 0 Å². The normalized spacial score (nSPS) is 21.4. The highest BCUT2D eigenvalue weighted by Crippen LogP contribution is 2.14. The molecular weight excluding hydrogens is 388 g/mol. The molecule has 7 heteroatoms. The van der Waals surface area contributed by atoms with Crippen molar-refractivity contribution >= 4 is 5.82 Å². The van der Waals surface area contributed by atoms with Crippen molar-refractivity contribution in [1.82, 2.24) is 24.7 Å². The number of hydrogen-bond donors (Lipinski definition) is 2. The average molecular weight is 429 g/mol. The first-order chi connectivity index (χ1) is 15.0. The van der Waals surface area contributed by atoms with Crippen molar-refractivity contribution in [2.75, 3.05) is 64.7 Å². The van der Waals surface area contributed by atoms with Crippen molar-refractivity contribution in [3.63, 3.8) is 0 Å². The highest BCUT2D eigenvalue weighted by atomic mass is 16.3. The average Bonchev–Trinajstić information content (AvgIpc) is 3.18. The zero-order valence-electron chi connectivity index (χ0n) is 19.6. The molecule has 7 nitrogen and oxygen atoms in total. The molecule has 0 spiro atoms. The maximum atomic E-state index is 9.63. The van der Waals surface area contributed by atoms with Crippen LogP contribution in [0.15, 0.2) is 30.1 Å². The number of likely N-dealkylation sites (tertiary alicyclic amines) is 1. The van der Waals surface area contributed by atoms with Crippen LogP contribution in [-0.4, -0.2) is 95.3 Å². The van der Waals surface area contributed by atoms with Gasteiger partial charge in [-0.25, -0.2) is 9.97 Å². The van der Waals surface area contributed by atoms with Gasteiger partial charge in [0.2, 0.25) is 0 Å². The molecule has 0 saturated carbocycles. The van der Waals surface area contributed by atoms with Gasteiger partial charge < -0.3 is 25.1 Å². The van der Waals surface area contributed by atoms with Gasteiger partial charge in [-0.05, 0) is 45.9 Å². The van der Waals surface area contributed by atoms with Gasteiger partial charge in [0.1, 0.15) is 11.6 Å². The smallest absolute Gasteiger partial charge is 0.134 e. The van der Waals surface area contributed by atoms with Gasteiger partial charge in [0, 0.05) is 69.7 Å². The number of nitrogens with one attached hydrogen (secondary N) is 1. The molecule has 3 heterocycles. The molecule has 2 fully saturated rings. The van der Waals surface area contributed by atoms with Crippen molar-refractivity contribution in [1.29, 1.82) is 0 Å². The van der Waals surface area contributed by atoms with E-state index in [-0.39, 0.29) is 6.10 Å². The lowest BCUT2D eigenvalue weighted by Gasteiger charge is -2.34. The summed E-state index contributed by atoms with van der Waals surface area (Å²) in [5, 5.41) is 13.1. The number of piperazine rings is 1. The topological polar surface area (TPSA) is 67.8 Å². The molecule has 172 valence electrons. The molecule has 0 bridgehead atoms. The molecule has 31 heavy (non-hydrogen) atoms. The molecule has 0 aromatic carbocycles. The number of β-amino-alcohol motifs (C(OH)–C–C–N with tert-alkyl or cyclic N) is 1. The fourth-order valence-electron chi connectivity index (χ4n) is 4.14. The van der Waals surface area contributed by atoms with Crippen LogP contribution in [0.2, 0.25) is 0 Å². The molecule has 0 radical (unpaired) electrons. The van der Waals surface area contributed by atoms with Gasteiger partial charge in [0.05, 0.1) is 6.10 Å². The summed E-state index contributed by atoms with van der Waals surface area (Å²) in [5.41, 5.74) is 2.39. The van der Waals surface area contributed by atoms with Gasteiger partial charge in [0.15, 0.2) is 0 Å². The van der Waals surface area contributed by atoms with Crippen LogP contribution in [0.4, 0.5) is 5.82 Å². The summed E-state index contributed by atoms with van der Waals surface area (Å²) in [7, 11) is 2.19. The Bertz CT molecular complexity index is 742. The molecule has 0 amide bonds. The highest BCUT2D eigenvalue weighted by molar-refractivity contribution is 5.42. The summed E-state index contributed by atoms with van der Waals surface area (Å²) in [6.45, 7) is 12.3. The van der Waals surface area contributed by atoms with Gasteiger partial charge in [-0.2, -0.15) is 0 Å². The van der Waals surface area contributed by atoms with Crippen LogP contribution in [0.1, 0.15) is 37.6 Å². The minimum absolute atomic E-state index is 0.142. The maximum Gasteiger partial charge on any atom is 0.134 e. The molecule has 0 aliphatic carbocycles. The van der Waals surface area contributed by atoms with Crippen LogP contribution in [-0.2, 0) is 6.42 Å². The summed E-state index contributed by atoms with van der Waals surface area (Å²) >= 11 is 0. The highest BCUT2D eigenvalue weighted by Gasteiger charge is 2.19. The first-order valence-corrected chi connectivity index (χ1v) is 11.8. The number of hydrogen-bond acceptors (Lipinski definition) is 7. The molecule has 2 aliphatic heterocycles. The summed E-state index contributed by atoms with van der Waals surface area (Å²) in [4.78, 5) is 16.5. The minimum Gasteiger partial charge on any atom is -0.392 e. The van der Waals surface area contributed by atoms with Gasteiger partial charge in [0.25, 0.3) is 0 Å². The van der Waals surface area contributed by atoms with E-state index < -0.39 is 0 Å². The van der Waals surface area contributed by atoms with Gasteiger partial charge in [-0.1, -0.05) is 19.1 Å². The molecule has 0 unspecified atom stereocenters. The predicted octanol–water partition coefficient (Wildman–Crippen LogP) is 2.29. The van der Waals surface area contributed by atoms with Crippen LogP contribution in [0.5, 0.6) is 0 Å². The Labute approximate surface area is 187 Å². The number of rotatable bonds is 10. The minimum atomic E-state index is -0.142.